The summed E-state index contributed by atoms with van der Waals surface area (Å²) in [6.45, 7) is 2.15. The summed E-state index contributed by atoms with van der Waals surface area (Å²) in [4.78, 5) is 34.2. The third-order valence-electron chi connectivity index (χ3n) is 6.80. The molecule has 0 saturated carbocycles. The minimum absolute atomic E-state index is 0.00662. The van der Waals surface area contributed by atoms with E-state index in [2.05, 4.69) is 67.7 Å². The molecule has 3 N–H and O–H groups in total. The highest BCUT2D eigenvalue weighted by molar-refractivity contribution is 6.10. The van der Waals surface area contributed by atoms with Gasteiger partial charge in [-0.1, -0.05) is 104 Å². The van der Waals surface area contributed by atoms with E-state index in [1.807, 2.05) is 12.2 Å². The van der Waals surface area contributed by atoms with Crippen molar-refractivity contribution in [3.63, 3.8) is 0 Å². The molecule has 0 spiro atoms. The van der Waals surface area contributed by atoms with Crippen LogP contribution >= 0.6 is 0 Å². The Morgan fingerprint density at radius 1 is 0.588 bits per heavy atom. The number of rotatable bonds is 22. The van der Waals surface area contributed by atoms with Crippen LogP contribution in [0.5, 0.6) is 23.0 Å². The van der Waals surface area contributed by atoms with Crippen LogP contribution in [0, 0.1) is 0 Å². The first-order valence-corrected chi connectivity index (χ1v) is 17.0. The number of phenols is 2. The predicted octanol–water partition coefficient (Wildman–Crippen LogP) is 9.92. The van der Waals surface area contributed by atoms with E-state index in [0.717, 1.165) is 38.5 Å². The number of benzene rings is 2. The van der Waals surface area contributed by atoms with Crippen LogP contribution in [-0.4, -0.2) is 47.1 Å². The van der Waals surface area contributed by atoms with Crippen molar-refractivity contribution in [3.8, 4) is 23.0 Å². The molecule has 8 heteroatoms. The molecule has 2 aromatic rings. The Kier molecular flexibility index (Phi) is 24.0. The number of hydrogen-bond acceptors (Lipinski definition) is 7. The van der Waals surface area contributed by atoms with Gasteiger partial charge in [0.1, 0.15) is 0 Å². The van der Waals surface area contributed by atoms with Gasteiger partial charge in [0.2, 0.25) is 0 Å². The number of ether oxygens (including phenoxy) is 2. The molecule has 2 rings (SSSR count). The van der Waals surface area contributed by atoms with Crippen molar-refractivity contribution in [1.82, 2.24) is 0 Å². The first-order chi connectivity index (χ1) is 24.7. The normalized spacial score (nSPS) is 12.0. The second-order valence-corrected chi connectivity index (χ2v) is 11.0. The van der Waals surface area contributed by atoms with Crippen LogP contribution in [0.2, 0.25) is 0 Å². The minimum atomic E-state index is -0.741. The maximum absolute atomic E-state index is 11.9. The molecule has 2 aromatic carbocycles. The van der Waals surface area contributed by atoms with E-state index in [4.69, 9.17) is 14.6 Å². The molecule has 0 unspecified atom stereocenters. The summed E-state index contributed by atoms with van der Waals surface area (Å²) in [5.41, 5.74) is 1.33. The van der Waals surface area contributed by atoms with Gasteiger partial charge in [-0.25, -0.2) is 0 Å². The number of carboxylic acids is 1. The maximum atomic E-state index is 11.9. The Hall–Kier alpha value is -5.63. The van der Waals surface area contributed by atoms with Crippen LogP contribution in [-0.2, 0) is 14.4 Å². The lowest BCUT2D eigenvalue weighted by Crippen LogP contribution is -2.01. The highest BCUT2D eigenvalue weighted by Gasteiger charge is 2.06. The maximum Gasteiger partial charge on any atom is 0.303 e. The number of allylic oxidation sites excluding steroid dienone is 14. The summed E-state index contributed by atoms with van der Waals surface area (Å²) in [5.74, 6) is -0.824. The van der Waals surface area contributed by atoms with E-state index in [-0.39, 0.29) is 35.9 Å². The molecule has 0 heterocycles. The highest BCUT2D eigenvalue weighted by Crippen LogP contribution is 2.27. The van der Waals surface area contributed by atoms with E-state index < -0.39 is 5.97 Å². The molecule has 272 valence electrons. The lowest BCUT2D eigenvalue weighted by Gasteiger charge is -2.03. The third-order valence-corrected chi connectivity index (χ3v) is 6.80. The van der Waals surface area contributed by atoms with Crippen LogP contribution in [0.15, 0.2) is 121 Å². The molecular formula is C43H52O8. The number of carbonyl (C=O) groups is 3. The summed E-state index contributed by atoms with van der Waals surface area (Å²) in [6, 6.07) is 9.34. The zero-order valence-electron chi connectivity index (χ0n) is 29.9. The monoisotopic (exact) mass is 696 g/mol. The molecule has 0 aliphatic heterocycles. The third kappa shape index (κ3) is 22.6. The fourth-order valence-electron chi connectivity index (χ4n) is 4.11. The molecule has 0 atom stereocenters. The average Bonchev–Trinajstić information content (AvgIpc) is 3.12. The Morgan fingerprint density at radius 2 is 0.961 bits per heavy atom. The van der Waals surface area contributed by atoms with Crippen molar-refractivity contribution in [2.75, 3.05) is 14.2 Å². The Morgan fingerprint density at radius 3 is 1.31 bits per heavy atom. The fourth-order valence-corrected chi connectivity index (χ4v) is 4.11. The molecule has 0 fully saturated rings. The smallest absolute Gasteiger partial charge is 0.303 e. The zero-order valence-corrected chi connectivity index (χ0v) is 29.9. The van der Waals surface area contributed by atoms with Crippen molar-refractivity contribution in [1.29, 1.82) is 0 Å². The second-order valence-electron chi connectivity index (χ2n) is 11.0. The Labute approximate surface area is 302 Å². The summed E-state index contributed by atoms with van der Waals surface area (Å²) < 4.78 is 10.00. The molecular weight excluding hydrogens is 644 g/mol. The number of hydrogen-bond donors (Lipinski definition) is 3. The van der Waals surface area contributed by atoms with E-state index in [9.17, 15) is 24.6 Å². The first kappa shape index (κ1) is 43.4. The number of carbonyl (C=O) groups excluding carboxylic acids is 2. The van der Waals surface area contributed by atoms with Crippen molar-refractivity contribution in [2.45, 2.75) is 64.7 Å². The van der Waals surface area contributed by atoms with Gasteiger partial charge in [-0.05, 0) is 92.5 Å². The number of aliphatic carboxylic acids is 1. The lowest BCUT2D eigenvalue weighted by molar-refractivity contribution is -0.137. The standard InChI is InChI=1S/C22H32O2.C21H20O6/c1-2-3-4-5-6-7-8-9-10-11-12-13-14-15-16-17-18-19-20-21-22(23)24;1-26-20-11-14(5-9-18(20)24)3-7-16(22)13-17(23)8-4-15-6-10-19(25)21(12-15)27-2/h3-4,6-7,9-10,12-13,15-16,18-19H,2,5,8,11,14,17,20-21H2,1H3,(H,23,24);3-12,24-25H,13H2,1-2H3/b4-3-,7-6-,10-9-,13-12-,16-15-,19-18-;7-3+,8-4+. The molecule has 8 nitrogen and oxygen atoms in total. The van der Waals surface area contributed by atoms with Gasteiger partial charge in [-0.2, -0.15) is 0 Å². The first-order valence-electron chi connectivity index (χ1n) is 17.0. The van der Waals surface area contributed by atoms with Crippen LogP contribution < -0.4 is 9.47 Å². The SMILES string of the molecule is CC/C=C\C/C=C\C/C=C\C/C=C\C/C=C\C/C=C\CCC(=O)O.COc1cc(/C=C/C(=O)CC(=O)/C=C/c2ccc(O)c(OC)c2)ccc1O. The van der Waals surface area contributed by atoms with Gasteiger partial charge in [0, 0.05) is 6.42 Å². The number of phenolic OH excluding ortho intramolecular Hbond substituents is 2. The predicted molar refractivity (Wildman–Crippen MR) is 207 cm³/mol. The quantitative estimate of drug-likeness (QED) is 0.0630. The van der Waals surface area contributed by atoms with Crippen molar-refractivity contribution < 1.29 is 39.2 Å². The lowest BCUT2D eigenvalue weighted by atomic mass is 10.1. The minimum Gasteiger partial charge on any atom is -0.504 e. The highest BCUT2D eigenvalue weighted by atomic mass is 16.5. The summed E-state index contributed by atoms with van der Waals surface area (Å²) in [7, 11) is 2.87. The van der Waals surface area contributed by atoms with Crippen LogP contribution in [0.25, 0.3) is 12.2 Å². The summed E-state index contributed by atoms with van der Waals surface area (Å²) in [5, 5.41) is 27.6. The largest absolute Gasteiger partial charge is 0.504 e. The van der Waals surface area contributed by atoms with E-state index in [0.29, 0.717) is 29.0 Å². The van der Waals surface area contributed by atoms with E-state index >= 15 is 0 Å². The van der Waals surface area contributed by atoms with Gasteiger partial charge in [0.25, 0.3) is 0 Å². The van der Waals surface area contributed by atoms with Crippen molar-refractivity contribution >= 4 is 29.7 Å². The molecule has 0 amide bonds. The topological polar surface area (TPSA) is 130 Å². The van der Waals surface area contributed by atoms with Gasteiger partial charge < -0.3 is 24.8 Å². The van der Waals surface area contributed by atoms with Gasteiger partial charge in [0.05, 0.1) is 20.6 Å². The molecule has 0 aliphatic rings. The van der Waals surface area contributed by atoms with E-state index in [1.54, 1.807) is 36.4 Å². The van der Waals surface area contributed by atoms with Gasteiger partial charge in [-0.15, -0.1) is 0 Å². The van der Waals surface area contributed by atoms with Crippen molar-refractivity contribution in [2.24, 2.45) is 0 Å². The Balaban J connectivity index is 0.000000515. The number of ketones is 2. The molecule has 0 aliphatic carbocycles. The number of carboxylic acid groups (broad SMARTS) is 1. The van der Waals surface area contributed by atoms with Gasteiger partial charge in [-0.3, -0.25) is 14.4 Å². The van der Waals surface area contributed by atoms with Crippen molar-refractivity contribution in [3.05, 3.63) is 133 Å². The number of methoxy groups -OCH3 is 2. The second kappa shape index (κ2) is 28.2. The van der Waals surface area contributed by atoms with Crippen LogP contribution in [0.3, 0.4) is 0 Å². The van der Waals surface area contributed by atoms with E-state index in [1.165, 1.54) is 38.5 Å². The zero-order chi connectivity index (χ0) is 37.5. The van der Waals surface area contributed by atoms with Gasteiger partial charge >= 0.3 is 5.97 Å². The summed E-state index contributed by atoms with van der Waals surface area (Å²) in [6.07, 6.45) is 37.9. The molecule has 0 radical (unpaired) electrons. The summed E-state index contributed by atoms with van der Waals surface area (Å²) >= 11 is 0. The fraction of sp³-hybridized carbons (Fsp3) is 0.279. The van der Waals surface area contributed by atoms with Crippen LogP contribution in [0.4, 0.5) is 0 Å². The molecule has 0 bridgehead atoms. The molecule has 51 heavy (non-hydrogen) atoms. The number of aromatic hydroxyl groups is 2. The Bertz CT molecular complexity index is 1510. The van der Waals surface area contributed by atoms with Crippen LogP contribution in [0.1, 0.15) is 75.8 Å². The average molecular weight is 697 g/mol. The van der Waals surface area contributed by atoms with Gasteiger partial charge in [0.15, 0.2) is 34.6 Å². The molecule has 0 aromatic heterocycles. The molecule has 0 saturated heterocycles.